The summed E-state index contributed by atoms with van der Waals surface area (Å²) in [6, 6.07) is 14.1. The number of nitrogens with one attached hydrogen (secondary N) is 1. The van der Waals surface area contributed by atoms with Gasteiger partial charge >= 0.3 is 0 Å². The van der Waals surface area contributed by atoms with Crippen LogP contribution in [0.4, 0.5) is 0 Å². The molecule has 0 spiro atoms. The van der Waals surface area contributed by atoms with Crippen molar-refractivity contribution in [1.82, 2.24) is 14.9 Å². The Morgan fingerprint density at radius 2 is 1.96 bits per heavy atom. The zero-order valence-corrected chi connectivity index (χ0v) is 15.7. The number of imidazole rings is 1. The number of carbonyl (C=O) groups is 1. The molecule has 0 atom stereocenters. The number of amides is 1. The second kappa shape index (κ2) is 7.60. The highest BCUT2D eigenvalue weighted by molar-refractivity contribution is 5.81. The van der Waals surface area contributed by atoms with Crippen molar-refractivity contribution in [1.29, 1.82) is 0 Å². The Kier molecular flexibility index (Phi) is 5.26. The smallest absolute Gasteiger partial charge is 0.240 e. The van der Waals surface area contributed by atoms with E-state index in [0.717, 1.165) is 33.7 Å². The molecule has 0 fully saturated rings. The first kappa shape index (κ1) is 18.0. The van der Waals surface area contributed by atoms with Gasteiger partial charge in [0.1, 0.15) is 24.7 Å². The van der Waals surface area contributed by atoms with E-state index in [9.17, 15) is 4.79 Å². The van der Waals surface area contributed by atoms with E-state index in [4.69, 9.17) is 4.74 Å². The van der Waals surface area contributed by atoms with E-state index in [1.807, 2.05) is 68.7 Å². The molecule has 0 aliphatic rings. The molecule has 1 heterocycles. The van der Waals surface area contributed by atoms with Gasteiger partial charge in [-0.3, -0.25) is 4.79 Å². The van der Waals surface area contributed by atoms with Crippen LogP contribution in [0.1, 0.15) is 30.8 Å². The summed E-state index contributed by atoms with van der Waals surface area (Å²) in [4.78, 5) is 17.0. The topological polar surface area (TPSA) is 56.2 Å². The summed E-state index contributed by atoms with van der Waals surface area (Å²) in [7, 11) is 0. The van der Waals surface area contributed by atoms with Gasteiger partial charge in [-0.2, -0.15) is 0 Å². The van der Waals surface area contributed by atoms with E-state index in [-0.39, 0.29) is 18.5 Å². The molecular weight excluding hydrogens is 326 g/mol. The van der Waals surface area contributed by atoms with Gasteiger partial charge in [-0.05, 0) is 57.0 Å². The minimum Gasteiger partial charge on any atom is -0.485 e. The Bertz CT molecular complexity index is 928. The molecule has 1 aromatic heterocycles. The van der Waals surface area contributed by atoms with Gasteiger partial charge < -0.3 is 14.6 Å². The van der Waals surface area contributed by atoms with E-state index in [2.05, 4.69) is 16.4 Å². The molecule has 5 heteroatoms. The quantitative estimate of drug-likeness (QED) is 0.736. The van der Waals surface area contributed by atoms with Crippen LogP contribution in [-0.2, 0) is 17.9 Å². The van der Waals surface area contributed by atoms with Crippen molar-refractivity contribution >= 4 is 16.9 Å². The van der Waals surface area contributed by atoms with E-state index in [1.54, 1.807) is 0 Å². The lowest BCUT2D eigenvalue weighted by Gasteiger charge is -2.13. The van der Waals surface area contributed by atoms with Crippen LogP contribution >= 0.6 is 0 Å². The highest BCUT2D eigenvalue weighted by atomic mass is 16.5. The maximum atomic E-state index is 12.3. The van der Waals surface area contributed by atoms with Crippen LogP contribution < -0.4 is 10.1 Å². The Balaban J connectivity index is 1.88. The van der Waals surface area contributed by atoms with Crippen LogP contribution in [0.15, 0.2) is 42.5 Å². The summed E-state index contributed by atoms with van der Waals surface area (Å²) >= 11 is 0. The molecule has 0 aliphatic carbocycles. The number of hydrogen-bond acceptors (Lipinski definition) is 3. The number of nitrogens with zero attached hydrogens (tertiary/aromatic N) is 2. The van der Waals surface area contributed by atoms with E-state index in [0.29, 0.717) is 6.61 Å². The number of para-hydroxylation sites is 2. The minimum absolute atomic E-state index is 0.0314. The number of aryl methyl sites for hydroxylation is 2. The molecule has 136 valence electrons. The van der Waals surface area contributed by atoms with E-state index >= 15 is 0 Å². The van der Waals surface area contributed by atoms with Crippen LogP contribution in [0.2, 0.25) is 0 Å². The molecule has 0 saturated heterocycles. The van der Waals surface area contributed by atoms with E-state index < -0.39 is 0 Å². The Morgan fingerprint density at radius 1 is 1.19 bits per heavy atom. The van der Waals surface area contributed by atoms with Crippen molar-refractivity contribution in [3.05, 3.63) is 59.4 Å². The normalized spacial score (nSPS) is 11.1. The third kappa shape index (κ3) is 4.04. The van der Waals surface area contributed by atoms with Crippen molar-refractivity contribution in [3.63, 3.8) is 0 Å². The Morgan fingerprint density at radius 3 is 2.73 bits per heavy atom. The molecular formula is C21H25N3O2. The number of ether oxygens (including phenoxy) is 1. The molecule has 5 nitrogen and oxygen atoms in total. The summed E-state index contributed by atoms with van der Waals surface area (Å²) in [6.45, 7) is 8.51. The summed E-state index contributed by atoms with van der Waals surface area (Å²) in [5.41, 5.74) is 4.03. The van der Waals surface area contributed by atoms with Crippen LogP contribution in [-0.4, -0.2) is 21.5 Å². The maximum absolute atomic E-state index is 12.3. The van der Waals surface area contributed by atoms with Gasteiger partial charge in [0.15, 0.2) is 0 Å². The van der Waals surface area contributed by atoms with Gasteiger partial charge in [0.25, 0.3) is 0 Å². The predicted octanol–water partition coefficient (Wildman–Crippen LogP) is 3.76. The monoisotopic (exact) mass is 351 g/mol. The molecule has 26 heavy (non-hydrogen) atoms. The lowest BCUT2D eigenvalue weighted by atomic mass is 10.1. The van der Waals surface area contributed by atoms with Gasteiger partial charge in [0, 0.05) is 6.04 Å². The lowest BCUT2D eigenvalue weighted by Crippen LogP contribution is -2.33. The lowest BCUT2D eigenvalue weighted by molar-refractivity contribution is -0.122. The molecule has 1 N–H and O–H groups in total. The highest BCUT2D eigenvalue weighted by Gasteiger charge is 2.15. The van der Waals surface area contributed by atoms with Crippen LogP contribution in [0.25, 0.3) is 11.0 Å². The molecule has 2 aromatic carbocycles. The summed E-state index contributed by atoms with van der Waals surface area (Å²) in [5.74, 6) is 1.55. The number of benzene rings is 2. The zero-order chi connectivity index (χ0) is 18.7. The average Bonchev–Trinajstić information content (AvgIpc) is 2.93. The number of aromatic nitrogens is 2. The van der Waals surface area contributed by atoms with Crippen molar-refractivity contribution in [2.75, 3.05) is 0 Å². The largest absolute Gasteiger partial charge is 0.485 e. The molecule has 0 aliphatic heterocycles. The first-order chi connectivity index (χ1) is 12.4. The van der Waals surface area contributed by atoms with Crippen molar-refractivity contribution in [2.45, 2.75) is 46.9 Å². The van der Waals surface area contributed by atoms with Gasteiger partial charge in [0.05, 0.1) is 11.0 Å². The van der Waals surface area contributed by atoms with Crippen LogP contribution in [0.3, 0.4) is 0 Å². The Labute approximate surface area is 154 Å². The van der Waals surface area contributed by atoms with Gasteiger partial charge in [-0.1, -0.05) is 24.3 Å². The van der Waals surface area contributed by atoms with Crippen molar-refractivity contribution in [2.24, 2.45) is 0 Å². The average molecular weight is 351 g/mol. The Hall–Kier alpha value is -2.82. The molecule has 0 saturated carbocycles. The fraction of sp³-hybridized carbons (Fsp3) is 0.333. The molecule has 0 unspecified atom stereocenters. The molecule has 3 rings (SSSR count). The second-order valence-electron chi connectivity index (χ2n) is 6.88. The van der Waals surface area contributed by atoms with Crippen LogP contribution in [0.5, 0.6) is 5.75 Å². The predicted molar refractivity (Wildman–Crippen MR) is 103 cm³/mol. The zero-order valence-electron chi connectivity index (χ0n) is 15.7. The highest BCUT2D eigenvalue weighted by Crippen LogP contribution is 2.22. The summed E-state index contributed by atoms with van der Waals surface area (Å²) < 4.78 is 7.95. The number of hydrogen-bond donors (Lipinski definition) is 1. The second-order valence-corrected chi connectivity index (χ2v) is 6.88. The first-order valence-electron chi connectivity index (χ1n) is 8.87. The summed E-state index contributed by atoms with van der Waals surface area (Å²) in [6.07, 6.45) is 0. The standard InChI is InChI=1S/C21H25N3O2/c1-14(2)22-21(25)12-24-18-8-6-5-7-17(18)23-20(24)13-26-19-11-15(3)9-10-16(19)4/h5-11,14H,12-13H2,1-4H3,(H,22,25). The SMILES string of the molecule is Cc1ccc(C)c(OCc2nc3ccccc3n2CC(=O)NC(C)C)c1. The van der Waals surface area contributed by atoms with Crippen molar-refractivity contribution < 1.29 is 9.53 Å². The third-order valence-electron chi connectivity index (χ3n) is 4.19. The molecule has 3 aromatic rings. The molecule has 1 amide bonds. The number of fused-ring (bicyclic) bond motifs is 1. The fourth-order valence-electron chi connectivity index (χ4n) is 2.93. The number of rotatable bonds is 6. The number of carbonyl (C=O) groups excluding carboxylic acids is 1. The van der Waals surface area contributed by atoms with Gasteiger partial charge in [-0.25, -0.2) is 4.98 Å². The minimum atomic E-state index is -0.0314. The fourth-order valence-corrected chi connectivity index (χ4v) is 2.93. The molecule has 0 radical (unpaired) electrons. The third-order valence-corrected chi connectivity index (χ3v) is 4.19. The summed E-state index contributed by atoms with van der Waals surface area (Å²) in [5, 5.41) is 2.93. The first-order valence-corrected chi connectivity index (χ1v) is 8.87. The maximum Gasteiger partial charge on any atom is 0.240 e. The molecule has 0 bridgehead atoms. The van der Waals surface area contributed by atoms with Gasteiger partial charge in [0.2, 0.25) is 5.91 Å². The van der Waals surface area contributed by atoms with Crippen LogP contribution in [0, 0.1) is 13.8 Å². The van der Waals surface area contributed by atoms with Gasteiger partial charge in [-0.15, -0.1) is 0 Å². The van der Waals surface area contributed by atoms with Crippen molar-refractivity contribution in [3.8, 4) is 5.75 Å². The van der Waals surface area contributed by atoms with E-state index in [1.165, 1.54) is 0 Å².